The van der Waals surface area contributed by atoms with Crippen LogP contribution in [-0.4, -0.2) is 32.1 Å². The Morgan fingerprint density at radius 3 is 2.82 bits per heavy atom. The first kappa shape index (κ1) is 14.1. The zero-order valence-corrected chi connectivity index (χ0v) is 11.5. The first-order valence-electron chi connectivity index (χ1n) is 5.27. The van der Waals surface area contributed by atoms with E-state index < -0.39 is 6.04 Å². The van der Waals surface area contributed by atoms with Crippen molar-refractivity contribution in [3.05, 3.63) is 34.1 Å². The Morgan fingerprint density at radius 1 is 1.53 bits per heavy atom. The monoisotopic (exact) mass is 299 g/mol. The second-order valence-electron chi connectivity index (χ2n) is 3.99. The minimum atomic E-state index is -0.500. The molecule has 1 rings (SSSR count). The minimum Gasteiger partial charge on any atom is -0.308 e. The summed E-state index contributed by atoms with van der Waals surface area (Å²) in [7, 11) is 3.92. The van der Waals surface area contributed by atoms with Gasteiger partial charge in [-0.05, 0) is 32.3 Å². The molecule has 0 aliphatic carbocycles. The number of halogens is 2. The lowest BCUT2D eigenvalue weighted by molar-refractivity contribution is 0.394. The number of nitriles is 1. The Kier molecular flexibility index (Phi) is 5.56. The second-order valence-corrected chi connectivity index (χ2v) is 4.84. The molecule has 0 bridgehead atoms. The predicted molar refractivity (Wildman–Crippen MR) is 69.0 cm³/mol. The summed E-state index contributed by atoms with van der Waals surface area (Å²) < 4.78 is 13.9. The molecule has 0 saturated carbocycles. The molecule has 1 atom stereocenters. The lowest BCUT2D eigenvalue weighted by atomic mass is 10.1. The molecule has 1 N–H and O–H groups in total. The zero-order chi connectivity index (χ0) is 12.8. The van der Waals surface area contributed by atoms with Crippen LogP contribution in [0.3, 0.4) is 0 Å². The predicted octanol–water partition coefficient (Wildman–Crippen LogP) is 2.30. The lowest BCUT2D eigenvalue weighted by Gasteiger charge is -2.15. The average Bonchev–Trinajstić information content (AvgIpc) is 2.28. The summed E-state index contributed by atoms with van der Waals surface area (Å²) in [4.78, 5) is 2.02. The molecule has 17 heavy (non-hydrogen) atoms. The molecule has 0 radical (unpaired) electrons. The van der Waals surface area contributed by atoms with E-state index in [-0.39, 0.29) is 5.82 Å². The van der Waals surface area contributed by atoms with Crippen LogP contribution in [0, 0.1) is 17.1 Å². The van der Waals surface area contributed by atoms with Crippen molar-refractivity contribution in [2.24, 2.45) is 0 Å². The lowest BCUT2D eigenvalue weighted by Crippen LogP contribution is -2.29. The first-order valence-corrected chi connectivity index (χ1v) is 6.06. The van der Waals surface area contributed by atoms with Crippen LogP contribution < -0.4 is 5.32 Å². The average molecular weight is 300 g/mol. The van der Waals surface area contributed by atoms with Gasteiger partial charge in [0.2, 0.25) is 0 Å². The van der Waals surface area contributed by atoms with Gasteiger partial charge in [0.05, 0.1) is 6.07 Å². The standard InChI is InChI=1S/C12H15BrFN3/c1-17(2)6-5-16-12(8-15)10-7-9(14)3-4-11(10)13/h3-4,7,12,16H,5-6H2,1-2H3. The molecule has 0 spiro atoms. The van der Waals surface area contributed by atoms with E-state index in [0.717, 1.165) is 11.0 Å². The Balaban J connectivity index is 2.73. The molecule has 0 saturated heterocycles. The summed E-state index contributed by atoms with van der Waals surface area (Å²) in [6.45, 7) is 1.50. The van der Waals surface area contributed by atoms with Crippen LogP contribution in [-0.2, 0) is 0 Å². The minimum absolute atomic E-state index is 0.335. The summed E-state index contributed by atoms with van der Waals surface area (Å²) >= 11 is 3.32. The smallest absolute Gasteiger partial charge is 0.123 e. The molecule has 0 aromatic heterocycles. The molecule has 0 aliphatic rings. The van der Waals surface area contributed by atoms with Gasteiger partial charge < -0.3 is 4.90 Å². The summed E-state index contributed by atoms with van der Waals surface area (Å²) in [6, 6.07) is 5.99. The second kappa shape index (κ2) is 6.70. The Labute approximate surface area is 109 Å². The van der Waals surface area contributed by atoms with Crippen molar-refractivity contribution < 1.29 is 4.39 Å². The summed E-state index contributed by atoms with van der Waals surface area (Å²) in [5.74, 6) is -0.335. The number of hydrogen-bond donors (Lipinski definition) is 1. The normalized spacial score (nSPS) is 12.5. The van der Waals surface area contributed by atoms with E-state index >= 15 is 0 Å². The third-order valence-electron chi connectivity index (χ3n) is 2.31. The van der Waals surface area contributed by atoms with Gasteiger partial charge in [0, 0.05) is 23.1 Å². The topological polar surface area (TPSA) is 39.1 Å². The van der Waals surface area contributed by atoms with Gasteiger partial charge >= 0.3 is 0 Å². The Morgan fingerprint density at radius 2 is 2.24 bits per heavy atom. The van der Waals surface area contributed by atoms with Gasteiger partial charge in [-0.3, -0.25) is 5.32 Å². The first-order chi connectivity index (χ1) is 8.04. The van der Waals surface area contributed by atoms with Crippen LogP contribution in [0.25, 0.3) is 0 Å². The summed E-state index contributed by atoms with van der Waals surface area (Å²) in [6.07, 6.45) is 0. The van der Waals surface area contributed by atoms with Gasteiger partial charge in [-0.2, -0.15) is 5.26 Å². The molecule has 92 valence electrons. The van der Waals surface area contributed by atoms with Gasteiger partial charge in [-0.1, -0.05) is 15.9 Å². The number of benzene rings is 1. The molecule has 0 aliphatic heterocycles. The Bertz CT molecular complexity index is 415. The van der Waals surface area contributed by atoms with E-state index in [2.05, 4.69) is 27.3 Å². The van der Waals surface area contributed by atoms with Crippen molar-refractivity contribution in [1.82, 2.24) is 10.2 Å². The van der Waals surface area contributed by atoms with E-state index in [9.17, 15) is 4.39 Å². The number of hydrogen-bond acceptors (Lipinski definition) is 3. The highest BCUT2D eigenvalue weighted by molar-refractivity contribution is 9.10. The van der Waals surface area contributed by atoms with Crippen LogP contribution in [0.1, 0.15) is 11.6 Å². The van der Waals surface area contributed by atoms with Crippen molar-refractivity contribution >= 4 is 15.9 Å². The van der Waals surface area contributed by atoms with E-state index in [1.54, 1.807) is 6.07 Å². The number of rotatable bonds is 5. The molecule has 0 amide bonds. The molecule has 1 unspecified atom stereocenters. The fourth-order valence-electron chi connectivity index (χ4n) is 1.39. The molecule has 5 heteroatoms. The van der Waals surface area contributed by atoms with E-state index in [4.69, 9.17) is 5.26 Å². The molecular formula is C12H15BrFN3. The van der Waals surface area contributed by atoms with Gasteiger partial charge in [-0.15, -0.1) is 0 Å². The van der Waals surface area contributed by atoms with Crippen LogP contribution in [0.2, 0.25) is 0 Å². The van der Waals surface area contributed by atoms with Gasteiger partial charge in [0.15, 0.2) is 0 Å². The van der Waals surface area contributed by atoms with Gasteiger partial charge in [0.25, 0.3) is 0 Å². The highest BCUT2D eigenvalue weighted by atomic mass is 79.9. The highest BCUT2D eigenvalue weighted by Crippen LogP contribution is 2.23. The summed E-state index contributed by atoms with van der Waals surface area (Å²) in [5, 5.41) is 12.2. The van der Waals surface area contributed by atoms with Crippen molar-refractivity contribution in [2.45, 2.75) is 6.04 Å². The molecular weight excluding hydrogens is 285 g/mol. The van der Waals surface area contributed by atoms with E-state index in [0.29, 0.717) is 12.1 Å². The van der Waals surface area contributed by atoms with Crippen LogP contribution in [0.5, 0.6) is 0 Å². The van der Waals surface area contributed by atoms with Gasteiger partial charge in [-0.25, -0.2) is 4.39 Å². The molecule has 0 heterocycles. The largest absolute Gasteiger partial charge is 0.308 e. The maximum absolute atomic E-state index is 13.1. The molecule has 3 nitrogen and oxygen atoms in total. The number of likely N-dealkylation sites (N-methyl/N-ethyl adjacent to an activating group) is 1. The number of nitrogens with one attached hydrogen (secondary N) is 1. The van der Waals surface area contributed by atoms with Crippen LogP contribution >= 0.6 is 15.9 Å². The third kappa shape index (κ3) is 4.43. The molecule has 1 aromatic rings. The van der Waals surface area contributed by atoms with Gasteiger partial charge in [0.1, 0.15) is 11.9 Å². The van der Waals surface area contributed by atoms with Crippen LogP contribution in [0.4, 0.5) is 4.39 Å². The number of nitrogens with zero attached hydrogens (tertiary/aromatic N) is 2. The fourth-order valence-corrected chi connectivity index (χ4v) is 1.87. The van der Waals surface area contributed by atoms with Crippen molar-refractivity contribution in [3.63, 3.8) is 0 Å². The van der Waals surface area contributed by atoms with E-state index in [1.165, 1.54) is 12.1 Å². The van der Waals surface area contributed by atoms with Crippen molar-refractivity contribution in [3.8, 4) is 6.07 Å². The maximum atomic E-state index is 13.1. The fraction of sp³-hybridized carbons (Fsp3) is 0.417. The third-order valence-corrected chi connectivity index (χ3v) is 3.03. The maximum Gasteiger partial charge on any atom is 0.123 e. The highest BCUT2D eigenvalue weighted by Gasteiger charge is 2.13. The van der Waals surface area contributed by atoms with Crippen molar-refractivity contribution in [2.75, 3.05) is 27.2 Å². The SMILES string of the molecule is CN(C)CCNC(C#N)c1cc(F)ccc1Br. The molecule has 0 fully saturated rings. The van der Waals surface area contributed by atoms with Crippen LogP contribution in [0.15, 0.2) is 22.7 Å². The quantitative estimate of drug-likeness (QED) is 0.907. The van der Waals surface area contributed by atoms with Crippen molar-refractivity contribution in [1.29, 1.82) is 5.26 Å². The summed E-state index contributed by atoms with van der Waals surface area (Å²) in [5.41, 5.74) is 0.631. The molecule has 1 aromatic carbocycles. The Hall–Kier alpha value is -0.960. The van der Waals surface area contributed by atoms with E-state index in [1.807, 2.05) is 19.0 Å². The zero-order valence-electron chi connectivity index (χ0n) is 9.87.